The predicted octanol–water partition coefficient (Wildman–Crippen LogP) is 3.50. The van der Waals surface area contributed by atoms with E-state index in [0.717, 1.165) is 16.8 Å². The first-order valence-corrected chi connectivity index (χ1v) is 12.7. The Labute approximate surface area is 201 Å². The molecule has 4 rings (SSSR count). The average Bonchev–Trinajstić information content (AvgIpc) is 3.27. The third-order valence-corrected chi connectivity index (χ3v) is 9.36. The maximum Gasteiger partial charge on any atom is 0.314 e. The molecule has 3 atom stereocenters. The molecule has 2 aliphatic rings. The van der Waals surface area contributed by atoms with Crippen LogP contribution < -0.4 is 5.32 Å². The minimum Gasteiger partial charge on any atom is -0.469 e. The van der Waals surface area contributed by atoms with E-state index in [1.807, 2.05) is 44.2 Å². The standard InChI is InChI=1S/C26H32N2O5S/c1-18-11-13-20(14-12-18)34(31,32)28-15-21-22(16-28)26(4,30)24(2,23(29)33-5)17-25(21,3)27-19-9-7-6-8-10-19/h6-14,27,30H,15-17H2,1-5H3/t24-,25+,26+/m0/s1. The van der Waals surface area contributed by atoms with Crippen LogP contribution in [0.4, 0.5) is 5.69 Å². The van der Waals surface area contributed by atoms with Crippen molar-refractivity contribution in [1.29, 1.82) is 0 Å². The minimum atomic E-state index is -3.81. The van der Waals surface area contributed by atoms with E-state index in [1.165, 1.54) is 11.4 Å². The Hall–Kier alpha value is -2.68. The summed E-state index contributed by atoms with van der Waals surface area (Å²) in [5, 5.41) is 15.3. The van der Waals surface area contributed by atoms with E-state index < -0.39 is 32.5 Å². The summed E-state index contributed by atoms with van der Waals surface area (Å²) < 4.78 is 33.5. The molecule has 34 heavy (non-hydrogen) atoms. The molecule has 2 N–H and O–H groups in total. The molecule has 0 unspecified atom stereocenters. The number of hydrogen-bond acceptors (Lipinski definition) is 6. The summed E-state index contributed by atoms with van der Waals surface area (Å²) in [7, 11) is -2.51. The van der Waals surface area contributed by atoms with Crippen molar-refractivity contribution in [3.8, 4) is 0 Å². The molecule has 1 aliphatic carbocycles. The lowest BCUT2D eigenvalue weighted by Gasteiger charge is -2.52. The zero-order valence-corrected chi connectivity index (χ0v) is 21.1. The van der Waals surface area contributed by atoms with Crippen LogP contribution >= 0.6 is 0 Å². The molecule has 0 aromatic heterocycles. The van der Waals surface area contributed by atoms with Gasteiger partial charge in [-0.15, -0.1) is 0 Å². The lowest BCUT2D eigenvalue weighted by Crippen LogP contribution is -2.61. The maximum atomic E-state index is 13.5. The molecule has 2 aromatic carbocycles. The van der Waals surface area contributed by atoms with Crippen molar-refractivity contribution in [3.63, 3.8) is 0 Å². The molecule has 2 aromatic rings. The van der Waals surface area contributed by atoms with Crippen LogP contribution in [0.5, 0.6) is 0 Å². The first kappa shape index (κ1) is 24.4. The molecule has 0 fully saturated rings. The Bertz CT molecular complexity index is 1240. The van der Waals surface area contributed by atoms with Crippen LogP contribution in [-0.4, -0.2) is 55.1 Å². The maximum absolute atomic E-state index is 13.5. The Morgan fingerprint density at radius 1 is 1.00 bits per heavy atom. The number of para-hydroxylation sites is 1. The van der Waals surface area contributed by atoms with Crippen molar-refractivity contribution in [1.82, 2.24) is 4.31 Å². The van der Waals surface area contributed by atoms with E-state index in [0.29, 0.717) is 5.57 Å². The Kier molecular flexibility index (Phi) is 5.91. The number of anilines is 1. The minimum absolute atomic E-state index is 0.00279. The van der Waals surface area contributed by atoms with Crippen molar-refractivity contribution in [2.75, 3.05) is 25.5 Å². The first-order valence-electron chi connectivity index (χ1n) is 11.3. The lowest BCUT2D eigenvalue weighted by molar-refractivity contribution is -0.168. The van der Waals surface area contributed by atoms with E-state index in [1.54, 1.807) is 38.1 Å². The molecule has 1 heterocycles. The van der Waals surface area contributed by atoms with E-state index in [2.05, 4.69) is 5.32 Å². The molecule has 0 bridgehead atoms. The second kappa shape index (κ2) is 8.22. The zero-order valence-electron chi connectivity index (χ0n) is 20.3. The number of nitrogens with one attached hydrogen (secondary N) is 1. The number of esters is 1. The highest BCUT2D eigenvalue weighted by atomic mass is 32.2. The van der Waals surface area contributed by atoms with Crippen LogP contribution in [0.3, 0.4) is 0 Å². The molecule has 0 amide bonds. The molecular weight excluding hydrogens is 452 g/mol. The molecule has 0 saturated heterocycles. The number of sulfonamides is 1. The van der Waals surface area contributed by atoms with Gasteiger partial charge in [-0.2, -0.15) is 4.31 Å². The largest absolute Gasteiger partial charge is 0.469 e. The van der Waals surface area contributed by atoms with E-state index >= 15 is 0 Å². The van der Waals surface area contributed by atoms with Crippen LogP contribution in [0, 0.1) is 12.3 Å². The smallest absolute Gasteiger partial charge is 0.314 e. The van der Waals surface area contributed by atoms with E-state index in [-0.39, 0.29) is 24.4 Å². The van der Waals surface area contributed by atoms with Gasteiger partial charge in [0.15, 0.2) is 0 Å². The van der Waals surface area contributed by atoms with Gasteiger partial charge in [-0.05, 0) is 69.5 Å². The Balaban J connectivity index is 1.81. The molecule has 8 heteroatoms. The van der Waals surface area contributed by atoms with Gasteiger partial charge in [0, 0.05) is 18.8 Å². The monoisotopic (exact) mass is 484 g/mol. The number of methoxy groups -OCH3 is 1. The molecule has 0 saturated carbocycles. The third kappa shape index (κ3) is 3.74. The van der Waals surface area contributed by atoms with Crippen LogP contribution in [-0.2, 0) is 19.6 Å². The van der Waals surface area contributed by atoms with Gasteiger partial charge in [0.2, 0.25) is 10.0 Å². The lowest BCUT2D eigenvalue weighted by atomic mass is 9.57. The van der Waals surface area contributed by atoms with Gasteiger partial charge in [-0.1, -0.05) is 35.9 Å². The van der Waals surface area contributed by atoms with Crippen molar-refractivity contribution < 1.29 is 23.1 Å². The fourth-order valence-electron chi connectivity index (χ4n) is 5.36. The number of carbonyl (C=O) groups excluding carboxylic acids is 1. The van der Waals surface area contributed by atoms with Crippen LogP contribution in [0.25, 0.3) is 0 Å². The van der Waals surface area contributed by atoms with Gasteiger partial charge in [0.1, 0.15) is 5.60 Å². The first-order chi connectivity index (χ1) is 15.8. The number of aliphatic hydroxyl groups is 1. The average molecular weight is 485 g/mol. The van der Waals surface area contributed by atoms with Crippen molar-refractivity contribution in [2.24, 2.45) is 5.41 Å². The number of rotatable bonds is 5. The normalized spacial score (nSPS) is 29.6. The Morgan fingerprint density at radius 3 is 2.18 bits per heavy atom. The summed E-state index contributed by atoms with van der Waals surface area (Å²) in [6.07, 6.45) is 0.228. The summed E-state index contributed by atoms with van der Waals surface area (Å²) in [5.74, 6) is -0.537. The van der Waals surface area contributed by atoms with Crippen molar-refractivity contribution in [3.05, 3.63) is 71.3 Å². The number of carbonyl (C=O) groups is 1. The topological polar surface area (TPSA) is 95.9 Å². The van der Waals surface area contributed by atoms with E-state index in [4.69, 9.17) is 4.74 Å². The van der Waals surface area contributed by atoms with Gasteiger partial charge >= 0.3 is 5.97 Å². The van der Waals surface area contributed by atoms with Gasteiger partial charge in [-0.25, -0.2) is 8.42 Å². The third-order valence-electron chi connectivity index (χ3n) is 7.56. The summed E-state index contributed by atoms with van der Waals surface area (Å²) in [5.41, 5.74) is -0.559. The summed E-state index contributed by atoms with van der Waals surface area (Å²) >= 11 is 0. The highest BCUT2D eigenvalue weighted by Crippen LogP contribution is 2.54. The fraction of sp³-hybridized carbons (Fsp3) is 0.423. The molecule has 0 spiro atoms. The van der Waals surface area contributed by atoms with Crippen molar-refractivity contribution >= 4 is 21.7 Å². The fourth-order valence-corrected chi connectivity index (χ4v) is 6.74. The Morgan fingerprint density at radius 2 is 1.59 bits per heavy atom. The van der Waals surface area contributed by atoms with E-state index in [9.17, 15) is 18.3 Å². The highest BCUT2D eigenvalue weighted by molar-refractivity contribution is 7.89. The number of hydrogen-bond donors (Lipinski definition) is 2. The van der Waals surface area contributed by atoms with Gasteiger partial charge < -0.3 is 15.2 Å². The SMILES string of the molecule is COC(=O)[C@]1(C)C[C@@](C)(Nc2ccccc2)C2=C(CN(S(=O)(=O)c3ccc(C)cc3)C2)[C@@]1(C)O. The molecule has 7 nitrogen and oxygen atoms in total. The number of nitrogens with zero attached hydrogens (tertiary/aromatic N) is 1. The van der Waals surface area contributed by atoms with Crippen LogP contribution in [0.1, 0.15) is 32.8 Å². The molecule has 1 aliphatic heterocycles. The number of benzene rings is 2. The summed E-state index contributed by atoms with van der Waals surface area (Å²) in [6.45, 7) is 7.24. The quantitative estimate of drug-likeness (QED) is 0.498. The number of ether oxygens (including phenoxy) is 1. The summed E-state index contributed by atoms with van der Waals surface area (Å²) in [6, 6.07) is 16.3. The van der Waals surface area contributed by atoms with Gasteiger partial charge in [0.05, 0.1) is 23.0 Å². The second-order valence-corrected chi connectivity index (χ2v) is 11.9. The number of aryl methyl sites for hydroxylation is 1. The highest BCUT2D eigenvalue weighted by Gasteiger charge is 2.62. The summed E-state index contributed by atoms with van der Waals surface area (Å²) in [4.78, 5) is 13.2. The predicted molar refractivity (Wildman–Crippen MR) is 131 cm³/mol. The molecular formula is C26H32N2O5S. The van der Waals surface area contributed by atoms with Gasteiger partial charge in [-0.3, -0.25) is 4.79 Å². The zero-order chi connectivity index (χ0) is 24.9. The second-order valence-electron chi connectivity index (χ2n) is 9.94. The molecule has 0 radical (unpaired) electrons. The van der Waals surface area contributed by atoms with Crippen LogP contribution in [0.2, 0.25) is 0 Å². The van der Waals surface area contributed by atoms with Gasteiger partial charge in [0.25, 0.3) is 0 Å². The molecule has 182 valence electrons. The van der Waals surface area contributed by atoms with Crippen molar-refractivity contribution in [2.45, 2.75) is 50.2 Å². The van der Waals surface area contributed by atoms with Crippen LogP contribution in [0.15, 0.2) is 70.6 Å².